The van der Waals surface area contributed by atoms with E-state index in [0.717, 1.165) is 11.3 Å². The van der Waals surface area contributed by atoms with Crippen LogP contribution in [0.3, 0.4) is 0 Å². The van der Waals surface area contributed by atoms with Crippen LogP contribution < -0.4 is 10.1 Å². The normalized spacial score (nSPS) is 9.95. The summed E-state index contributed by atoms with van der Waals surface area (Å²) >= 11 is 0. The highest BCUT2D eigenvalue weighted by Gasteiger charge is 2.11. The van der Waals surface area contributed by atoms with Crippen molar-refractivity contribution in [1.29, 1.82) is 0 Å². The maximum atomic E-state index is 11.8. The lowest BCUT2D eigenvalue weighted by Crippen LogP contribution is -2.23. The van der Waals surface area contributed by atoms with E-state index in [1.807, 2.05) is 24.3 Å². The molecule has 5 heteroatoms. The molecule has 0 aliphatic rings. The standard InChI is InChI=1S/C14H14N2O3/c1-19-11-5-2-4-10(8-11)9-16-14(18)13-12(17)6-3-7-15-13/h2-8,17H,9H2,1H3,(H,16,18). The van der Waals surface area contributed by atoms with Gasteiger partial charge >= 0.3 is 0 Å². The molecule has 0 fully saturated rings. The van der Waals surface area contributed by atoms with Crippen molar-refractivity contribution in [1.82, 2.24) is 10.3 Å². The number of aromatic hydroxyl groups is 1. The molecule has 1 aromatic heterocycles. The van der Waals surface area contributed by atoms with Crippen LogP contribution in [-0.2, 0) is 6.54 Å². The van der Waals surface area contributed by atoms with Gasteiger partial charge in [0.25, 0.3) is 5.91 Å². The summed E-state index contributed by atoms with van der Waals surface area (Å²) in [5.74, 6) is 0.180. The zero-order valence-electron chi connectivity index (χ0n) is 10.5. The highest BCUT2D eigenvalue weighted by atomic mass is 16.5. The second-order valence-corrected chi connectivity index (χ2v) is 3.91. The molecule has 0 radical (unpaired) electrons. The van der Waals surface area contributed by atoms with Crippen LogP contribution in [-0.4, -0.2) is 23.1 Å². The van der Waals surface area contributed by atoms with E-state index in [0.29, 0.717) is 6.54 Å². The van der Waals surface area contributed by atoms with Crippen molar-refractivity contribution in [3.63, 3.8) is 0 Å². The summed E-state index contributed by atoms with van der Waals surface area (Å²) in [6.45, 7) is 0.339. The van der Waals surface area contributed by atoms with Crippen molar-refractivity contribution in [2.24, 2.45) is 0 Å². The smallest absolute Gasteiger partial charge is 0.273 e. The number of carbonyl (C=O) groups excluding carboxylic acids is 1. The predicted molar refractivity (Wildman–Crippen MR) is 70.1 cm³/mol. The molecule has 0 saturated heterocycles. The van der Waals surface area contributed by atoms with Gasteiger partial charge in [-0.2, -0.15) is 0 Å². The van der Waals surface area contributed by atoms with Gasteiger partial charge in [-0.25, -0.2) is 4.98 Å². The molecule has 5 nitrogen and oxygen atoms in total. The van der Waals surface area contributed by atoms with Crippen LogP contribution in [0.4, 0.5) is 0 Å². The van der Waals surface area contributed by atoms with E-state index in [-0.39, 0.29) is 11.4 Å². The first-order valence-corrected chi connectivity index (χ1v) is 5.76. The molecule has 0 aliphatic heterocycles. The van der Waals surface area contributed by atoms with Crippen LogP contribution in [0.5, 0.6) is 11.5 Å². The van der Waals surface area contributed by atoms with Gasteiger partial charge in [0.2, 0.25) is 0 Å². The number of ether oxygens (including phenoxy) is 1. The van der Waals surface area contributed by atoms with Crippen LogP contribution in [0, 0.1) is 0 Å². The van der Waals surface area contributed by atoms with E-state index in [2.05, 4.69) is 10.3 Å². The molecule has 19 heavy (non-hydrogen) atoms. The second kappa shape index (κ2) is 5.86. The molecule has 1 heterocycles. The Balaban J connectivity index is 2.02. The molecule has 2 aromatic rings. The zero-order valence-corrected chi connectivity index (χ0v) is 10.5. The third-order valence-corrected chi connectivity index (χ3v) is 2.59. The number of rotatable bonds is 4. The Bertz CT molecular complexity index is 584. The lowest BCUT2D eigenvalue weighted by Gasteiger charge is -2.07. The number of hydrogen-bond acceptors (Lipinski definition) is 4. The fourth-order valence-electron chi connectivity index (χ4n) is 1.62. The molecular formula is C14H14N2O3. The van der Waals surface area contributed by atoms with Crippen molar-refractivity contribution in [2.45, 2.75) is 6.54 Å². The SMILES string of the molecule is COc1cccc(CNC(=O)c2ncccc2O)c1. The average molecular weight is 258 g/mol. The summed E-state index contributed by atoms with van der Waals surface area (Å²) in [5.41, 5.74) is 0.925. The fraction of sp³-hybridized carbons (Fsp3) is 0.143. The molecule has 0 saturated carbocycles. The van der Waals surface area contributed by atoms with Crippen LogP contribution in [0.15, 0.2) is 42.6 Å². The lowest BCUT2D eigenvalue weighted by molar-refractivity contribution is 0.0943. The van der Waals surface area contributed by atoms with Crippen molar-refractivity contribution < 1.29 is 14.6 Å². The van der Waals surface area contributed by atoms with Crippen LogP contribution in [0.25, 0.3) is 0 Å². The molecule has 0 unspecified atom stereocenters. The predicted octanol–water partition coefficient (Wildman–Crippen LogP) is 1.73. The highest BCUT2D eigenvalue weighted by Crippen LogP contribution is 2.14. The lowest BCUT2D eigenvalue weighted by atomic mass is 10.2. The molecule has 0 bridgehead atoms. The summed E-state index contributed by atoms with van der Waals surface area (Å²) in [7, 11) is 1.59. The average Bonchev–Trinajstić information content (AvgIpc) is 2.45. The third-order valence-electron chi connectivity index (χ3n) is 2.59. The number of pyridine rings is 1. The Hall–Kier alpha value is -2.56. The number of amides is 1. The third kappa shape index (κ3) is 3.22. The summed E-state index contributed by atoms with van der Waals surface area (Å²) in [5, 5.41) is 12.2. The minimum atomic E-state index is -0.416. The van der Waals surface area contributed by atoms with Gasteiger partial charge in [-0.15, -0.1) is 0 Å². The molecule has 0 aliphatic carbocycles. The van der Waals surface area contributed by atoms with E-state index in [1.54, 1.807) is 13.2 Å². The molecule has 0 spiro atoms. The first kappa shape index (κ1) is 12.9. The van der Waals surface area contributed by atoms with Gasteiger partial charge < -0.3 is 15.2 Å². The minimum absolute atomic E-state index is 0.0189. The number of aromatic nitrogens is 1. The largest absolute Gasteiger partial charge is 0.505 e. The van der Waals surface area contributed by atoms with Gasteiger partial charge in [0.1, 0.15) is 11.5 Å². The quantitative estimate of drug-likeness (QED) is 0.876. The van der Waals surface area contributed by atoms with Gasteiger partial charge in [0.05, 0.1) is 7.11 Å². The van der Waals surface area contributed by atoms with Crippen molar-refractivity contribution in [3.8, 4) is 11.5 Å². The molecule has 1 aromatic carbocycles. The van der Waals surface area contributed by atoms with Gasteiger partial charge in [0, 0.05) is 12.7 Å². The van der Waals surface area contributed by atoms with Crippen LogP contribution >= 0.6 is 0 Å². The maximum Gasteiger partial charge on any atom is 0.273 e. The number of methoxy groups -OCH3 is 1. The summed E-state index contributed by atoms with van der Waals surface area (Å²) in [4.78, 5) is 15.7. The maximum absolute atomic E-state index is 11.8. The molecule has 2 rings (SSSR count). The molecule has 98 valence electrons. The fourth-order valence-corrected chi connectivity index (χ4v) is 1.62. The van der Waals surface area contributed by atoms with Gasteiger partial charge in [-0.1, -0.05) is 12.1 Å². The van der Waals surface area contributed by atoms with Gasteiger partial charge in [-0.3, -0.25) is 4.79 Å². The van der Waals surface area contributed by atoms with E-state index >= 15 is 0 Å². The second-order valence-electron chi connectivity index (χ2n) is 3.91. The van der Waals surface area contributed by atoms with E-state index < -0.39 is 5.91 Å². The number of hydrogen-bond donors (Lipinski definition) is 2. The Morgan fingerprint density at radius 1 is 1.37 bits per heavy atom. The van der Waals surface area contributed by atoms with Crippen LogP contribution in [0.1, 0.15) is 16.1 Å². The number of benzene rings is 1. The zero-order chi connectivity index (χ0) is 13.7. The van der Waals surface area contributed by atoms with Gasteiger partial charge in [0.15, 0.2) is 5.69 Å². The first-order valence-electron chi connectivity index (χ1n) is 5.76. The first-order chi connectivity index (χ1) is 9.20. The number of nitrogens with one attached hydrogen (secondary N) is 1. The van der Waals surface area contributed by atoms with E-state index in [1.165, 1.54) is 12.3 Å². The van der Waals surface area contributed by atoms with Crippen molar-refractivity contribution >= 4 is 5.91 Å². The topological polar surface area (TPSA) is 71.5 Å². The van der Waals surface area contributed by atoms with Gasteiger partial charge in [-0.05, 0) is 29.8 Å². The van der Waals surface area contributed by atoms with Crippen molar-refractivity contribution in [3.05, 3.63) is 53.9 Å². The number of nitrogens with zero attached hydrogens (tertiary/aromatic N) is 1. The Kier molecular flexibility index (Phi) is 3.97. The van der Waals surface area contributed by atoms with E-state index in [9.17, 15) is 9.90 Å². The van der Waals surface area contributed by atoms with E-state index in [4.69, 9.17) is 4.74 Å². The van der Waals surface area contributed by atoms with Crippen LogP contribution in [0.2, 0.25) is 0 Å². The Morgan fingerprint density at radius 2 is 2.21 bits per heavy atom. The summed E-state index contributed by atoms with van der Waals surface area (Å²) in [6, 6.07) is 10.4. The molecule has 1 amide bonds. The molecular weight excluding hydrogens is 244 g/mol. The van der Waals surface area contributed by atoms with Crippen molar-refractivity contribution in [2.75, 3.05) is 7.11 Å². The number of carbonyl (C=O) groups is 1. The Labute approximate surface area is 110 Å². The minimum Gasteiger partial charge on any atom is -0.505 e. The molecule has 2 N–H and O–H groups in total. The summed E-state index contributed by atoms with van der Waals surface area (Å²) < 4.78 is 5.10. The Morgan fingerprint density at radius 3 is 2.95 bits per heavy atom. The highest BCUT2D eigenvalue weighted by molar-refractivity contribution is 5.94. The monoisotopic (exact) mass is 258 g/mol. The molecule has 0 atom stereocenters. The summed E-state index contributed by atoms with van der Waals surface area (Å²) in [6.07, 6.45) is 1.46.